The molecule has 2 rings (SSSR count). The van der Waals surface area contributed by atoms with Crippen molar-refractivity contribution in [1.29, 1.82) is 0 Å². The highest BCUT2D eigenvalue weighted by molar-refractivity contribution is 5.28. The lowest BCUT2D eigenvalue weighted by Gasteiger charge is -2.14. The zero-order valence-electron chi connectivity index (χ0n) is 11.6. The Morgan fingerprint density at radius 3 is 2.61 bits per heavy atom. The molecule has 0 amide bonds. The smallest absolute Gasteiger partial charge is 0.119 e. The Kier molecular flexibility index (Phi) is 5.06. The maximum atomic E-state index is 5.45. The molecule has 0 aliphatic heterocycles. The molecule has 1 N–H and O–H groups in total. The van der Waals surface area contributed by atoms with Crippen molar-refractivity contribution in [1.82, 2.24) is 5.32 Å². The molecule has 0 bridgehead atoms. The van der Waals surface area contributed by atoms with E-state index in [0.29, 0.717) is 6.04 Å². The normalized spacial score (nSPS) is 16.6. The van der Waals surface area contributed by atoms with Crippen LogP contribution in [0.2, 0.25) is 0 Å². The third-order valence-corrected chi connectivity index (χ3v) is 3.63. The highest BCUT2D eigenvalue weighted by Gasteiger charge is 2.20. The van der Waals surface area contributed by atoms with Crippen LogP contribution in [0, 0.1) is 5.92 Å². The van der Waals surface area contributed by atoms with E-state index in [9.17, 15) is 0 Å². The molecule has 1 unspecified atom stereocenters. The van der Waals surface area contributed by atoms with Gasteiger partial charge in [0, 0.05) is 6.04 Å². The molecule has 1 saturated carbocycles. The average molecular weight is 247 g/mol. The van der Waals surface area contributed by atoms with E-state index in [1.54, 1.807) is 0 Å². The molecule has 18 heavy (non-hydrogen) atoms. The minimum Gasteiger partial charge on any atom is -0.494 e. The third-order valence-electron chi connectivity index (χ3n) is 3.63. The number of hydrogen-bond acceptors (Lipinski definition) is 2. The Labute approximate surface area is 111 Å². The van der Waals surface area contributed by atoms with E-state index >= 15 is 0 Å². The zero-order chi connectivity index (χ0) is 12.8. The van der Waals surface area contributed by atoms with Crippen molar-refractivity contribution in [3.05, 3.63) is 29.8 Å². The van der Waals surface area contributed by atoms with E-state index in [2.05, 4.69) is 36.5 Å². The summed E-state index contributed by atoms with van der Waals surface area (Å²) in [5.74, 6) is 2.01. The maximum absolute atomic E-state index is 5.45. The number of nitrogens with one attached hydrogen (secondary N) is 1. The molecule has 1 aliphatic rings. The van der Waals surface area contributed by atoms with Crippen LogP contribution in [0.4, 0.5) is 0 Å². The van der Waals surface area contributed by atoms with Gasteiger partial charge in [-0.05, 0) is 56.8 Å². The summed E-state index contributed by atoms with van der Waals surface area (Å²) in [4.78, 5) is 0. The molecule has 0 spiro atoms. The standard InChI is InChI=1S/C16H25NO/c1-3-18-16-10-8-15(9-11-16)13(2)17-12-4-5-14-6-7-14/h8-11,13-14,17H,3-7,12H2,1-2H3. The fraction of sp³-hybridized carbons (Fsp3) is 0.625. The van der Waals surface area contributed by atoms with E-state index in [1.165, 1.54) is 31.2 Å². The average Bonchev–Trinajstić information content (AvgIpc) is 3.20. The van der Waals surface area contributed by atoms with Gasteiger partial charge in [-0.1, -0.05) is 25.0 Å². The van der Waals surface area contributed by atoms with Crippen molar-refractivity contribution in [2.45, 2.75) is 45.6 Å². The first-order chi connectivity index (χ1) is 8.79. The lowest BCUT2D eigenvalue weighted by molar-refractivity contribution is 0.340. The van der Waals surface area contributed by atoms with Crippen molar-refractivity contribution in [2.75, 3.05) is 13.2 Å². The highest BCUT2D eigenvalue weighted by atomic mass is 16.5. The quantitative estimate of drug-likeness (QED) is 0.703. The number of benzene rings is 1. The lowest BCUT2D eigenvalue weighted by atomic mass is 10.1. The first-order valence-electron chi connectivity index (χ1n) is 7.25. The van der Waals surface area contributed by atoms with Crippen molar-refractivity contribution in [3.8, 4) is 5.75 Å². The molecule has 1 aromatic carbocycles. The molecular weight excluding hydrogens is 222 g/mol. The molecule has 100 valence electrons. The third kappa shape index (κ3) is 4.34. The summed E-state index contributed by atoms with van der Waals surface area (Å²) in [7, 11) is 0. The molecular formula is C16H25NO. The molecule has 0 saturated heterocycles. The van der Waals surface area contributed by atoms with E-state index in [0.717, 1.165) is 24.8 Å². The minimum atomic E-state index is 0.430. The number of ether oxygens (including phenoxy) is 1. The summed E-state index contributed by atoms with van der Waals surface area (Å²) in [5, 5.41) is 3.59. The topological polar surface area (TPSA) is 21.3 Å². The van der Waals surface area contributed by atoms with Gasteiger partial charge in [-0.15, -0.1) is 0 Å². The van der Waals surface area contributed by atoms with Gasteiger partial charge < -0.3 is 10.1 Å². The van der Waals surface area contributed by atoms with Gasteiger partial charge in [0.2, 0.25) is 0 Å². The van der Waals surface area contributed by atoms with Crippen molar-refractivity contribution in [3.63, 3.8) is 0 Å². The van der Waals surface area contributed by atoms with Gasteiger partial charge >= 0.3 is 0 Å². The zero-order valence-corrected chi connectivity index (χ0v) is 11.6. The summed E-state index contributed by atoms with van der Waals surface area (Å²) in [5.41, 5.74) is 1.34. The van der Waals surface area contributed by atoms with Crippen molar-refractivity contribution < 1.29 is 4.74 Å². The van der Waals surface area contributed by atoms with Crippen molar-refractivity contribution >= 4 is 0 Å². The second-order valence-corrected chi connectivity index (χ2v) is 5.26. The van der Waals surface area contributed by atoms with Crippen molar-refractivity contribution in [2.24, 2.45) is 5.92 Å². The van der Waals surface area contributed by atoms with Gasteiger partial charge in [0.25, 0.3) is 0 Å². The predicted octanol–water partition coefficient (Wildman–Crippen LogP) is 3.93. The molecule has 2 nitrogen and oxygen atoms in total. The summed E-state index contributed by atoms with van der Waals surface area (Å²) in [6.45, 7) is 6.10. The van der Waals surface area contributed by atoms with Crippen LogP contribution in [0.15, 0.2) is 24.3 Å². The maximum Gasteiger partial charge on any atom is 0.119 e. The van der Waals surface area contributed by atoms with Gasteiger partial charge in [0.1, 0.15) is 5.75 Å². The number of rotatable bonds is 8. The fourth-order valence-corrected chi connectivity index (χ4v) is 2.25. The Balaban J connectivity index is 1.70. The van der Waals surface area contributed by atoms with E-state index in [-0.39, 0.29) is 0 Å². The first kappa shape index (κ1) is 13.4. The fourth-order valence-electron chi connectivity index (χ4n) is 2.25. The Morgan fingerprint density at radius 2 is 2.00 bits per heavy atom. The van der Waals surface area contributed by atoms with Crippen LogP contribution in [0.25, 0.3) is 0 Å². The van der Waals surface area contributed by atoms with E-state index in [4.69, 9.17) is 4.74 Å². The van der Waals surface area contributed by atoms with Gasteiger partial charge in [0.15, 0.2) is 0 Å². The van der Waals surface area contributed by atoms with Crippen LogP contribution in [0.3, 0.4) is 0 Å². The van der Waals surface area contributed by atoms with E-state index in [1.807, 2.05) is 6.92 Å². The lowest BCUT2D eigenvalue weighted by Crippen LogP contribution is -2.19. The molecule has 1 aliphatic carbocycles. The Bertz CT molecular complexity index is 343. The van der Waals surface area contributed by atoms with Crippen LogP contribution in [-0.4, -0.2) is 13.2 Å². The molecule has 2 heteroatoms. The van der Waals surface area contributed by atoms with Gasteiger partial charge in [-0.2, -0.15) is 0 Å². The Hall–Kier alpha value is -1.02. The van der Waals surface area contributed by atoms with Crippen LogP contribution in [0.5, 0.6) is 5.75 Å². The highest BCUT2D eigenvalue weighted by Crippen LogP contribution is 2.33. The summed E-state index contributed by atoms with van der Waals surface area (Å²) < 4.78 is 5.45. The molecule has 0 radical (unpaired) electrons. The monoisotopic (exact) mass is 247 g/mol. The van der Waals surface area contributed by atoms with Crippen LogP contribution in [-0.2, 0) is 0 Å². The largest absolute Gasteiger partial charge is 0.494 e. The van der Waals surface area contributed by atoms with Gasteiger partial charge in [-0.25, -0.2) is 0 Å². The minimum absolute atomic E-state index is 0.430. The SMILES string of the molecule is CCOc1ccc(C(C)NCCCC2CC2)cc1. The van der Waals surface area contributed by atoms with Crippen LogP contribution < -0.4 is 10.1 Å². The van der Waals surface area contributed by atoms with Crippen LogP contribution in [0.1, 0.15) is 51.1 Å². The molecule has 0 aromatic heterocycles. The predicted molar refractivity (Wildman–Crippen MR) is 76.0 cm³/mol. The van der Waals surface area contributed by atoms with Gasteiger partial charge in [-0.3, -0.25) is 0 Å². The second kappa shape index (κ2) is 6.79. The Morgan fingerprint density at radius 1 is 1.28 bits per heavy atom. The molecule has 1 atom stereocenters. The molecule has 1 aromatic rings. The first-order valence-corrected chi connectivity index (χ1v) is 7.25. The van der Waals surface area contributed by atoms with Gasteiger partial charge in [0.05, 0.1) is 6.61 Å². The van der Waals surface area contributed by atoms with Crippen LogP contribution >= 0.6 is 0 Å². The summed E-state index contributed by atoms with van der Waals surface area (Å²) >= 11 is 0. The molecule has 1 fully saturated rings. The number of hydrogen-bond donors (Lipinski definition) is 1. The van der Waals surface area contributed by atoms with E-state index < -0.39 is 0 Å². The second-order valence-electron chi connectivity index (χ2n) is 5.26. The molecule has 0 heterocycles. The summed E-state index contributed by atoms with van der Waals surface area (Å²) in [6, 6.07) is 8.86. The summed E-state index contributed by atoms with van der Waals surface area (Å²) in [6.07, 6.45) is 5.65.